The molecule has 1 amide bonds. The minimum Gasteiger partial charge on any atom is -0.454 e. The number of carbonyl (C=O) groups is 1. The second-order valence-corrected chi connectivity index (χ2v) is 9.01. The van der Waals surface area contributed by atoms with E-state index in [-0.39, 0.29) is 33.2 Å². The maximum absolute atomic E-state index is 13.4. The van der Waals surface area contributed by atoms with Crippen LogP contribution in [0.5, 0.6) is 5.75 Å². The number of aromatic nitrogens is 1. The van der Waals surface area contributed by atoms with E-state index in [1.165, 1.54) is 35.4 Å². The van der Waals surface area contributed by atoms with Crippen LogP contribution in [-0.2, 0) is 10.1 Å². The van der Waals surface area contributed by atoms with Crippen molar-refractivity contribution < 1.29 is 39.4 Å². The highest BCUT2D eigenvalue weighted by molar-refractivity contribution is 7.97. The predicted octanol–water partition coefficient (Wildman–Crippen LogP) is 4.91. The van der Waals surface area contributed by atoms with Crippen LogP contribution in [0.2, 0.25) is 0 Å². The summed E-state index contributed by atoms with van der Waals surface area (Å²) in [6, 6.07) is 7.55. The first kappa shape index (κ1) is 23.0. The average Bonchev–Trinajstić information content (AvgIpc) is 3.34. The third-order valence-corrected chi connectivity index (χ3v) is 6.45. The normalized spacial score (nSPS) is 12.4. The number of amides is 1. The molecule has 4 aromatic rings. The first-order chi connectivity index (χ1) is 15.5. The molecule has 2 aromatic heterocycles. The topological polar surface area (TPSA) is 90.5 Å². The quantitative estimate of drug-likeness (QED) is 0.237. The molecule has 13 heteroatoms. The number of alkyl halides is 3. The molecule has 0 bridgehead atoms. The van der Waals surface area contributed by atoms with Gasteiger partial charge in [0.2, 0.25) is 0 Å². The Morgan fingerprint density at radius 2 is 1.82 bits per heavy atom. The second-order valence-electron chi connectivity index (χ2n) is 6.71. The number of halogens is 4. The van der Waals surface area contributed by atoms with Gasteiger partial charge in [0.15, 0.2) is 5.75 Å². The molecule has 0 unspecified atom stereocenters. The van der Waals surface area contributed by atoms with Crippen molar-refractivity contribution >= 4 is 49.8 Å². The van der Waals surface area contributed by atoms with Crippen molar-refractivity contribution in [2.75, 3.05) is 13.3 Å². The zero-order valence-electron chi connectivity index (χ0n) is 16.9. The Morgan fingerprint density at radius 1 is 1.15 bits per heavy atom. The lowest BCUT2D eigenvalue weighted by Gasteiger charge is -2.12. The van der Waals surface area contributed by atoms with Gasteiger partial charge in [-0.1, -0.05) is 0 Å². The van der Waals surface area contributed by atoms with Crippen LogP contribution in [0.25, 0.3) is 33.2 Å². The van der Waals surface area contributed by atoms with E-state index >= 15 is 0 Å². The number of carbonyl (C=O) groups excluding carboxylic acids is 1. The summed E-state index contributed by atoms with van der Waals surface area (Å²) in [5, 5.41) is 2.65. The highest BCUT2D eigenvalue weighted by Crippen LogP contribution is 2.43. The van der Waals surface area contributed by atoms with Crippen LogP contribution >= 0.6 is 11.9 Å². The van der Waals surface area contributed by atoms with Gasteiger partial charge in [-0.15, -0.1) is 0 Å². The summed E-state index contributed by atoms with van der Waals surface area (Å²) in [6.45, 7) is 0. The summed E-state index contributed by atoms with van der Waals surface area (Å²) >= 11 is 1.08. The molecule has 1 N–H and O–H groups in total. The van der Waals surface area contributed by atoms with Crippen LogP contribution in [-0.4, -0.2) is 37.1 Å². The molecule has 0 fully saturated rings. The number of hydrogen-bond donors (Lipinski definition) is 1. The Morgan fingerprint density at radius 3 is 2.39 bits per heavy atom. The summed E-state index contributed by atoms with van der Waals surface area (Å²) in [5.74, 6) is -1.78. The van der Waals surface area contributed by atoms with Gasteiger partial charge < -0.3 is 13.9 Å². The highest BCUT2D eigenvalue weighted by Gasteiger charge is 2.49. The van der Waals surface area contributed by atoms with Crippen molar-refractivity contribution in [3.8, 4) is 17.1 Å². The van der Waals surface area contributed by atoms with Gasteiger partial charge in [-0.2, -0.15) is 21.6 Å². The zero-order chi connectivity index (χ0) is 24.1. The first-order valence-electron chi connectivity index (χ1n) is 9.12. The van der Waals surface area contributed by atoms with Gasteiger partial charge in [-0.05, 0) is 48.3 Å². The Bertz CT molecular complexity index is 1490. The van der Waals surface area contributed by atoms with Crippen LogP contribution in [0.1, 0.15) is 10.4 Å². The van der Waals surface area contributed by atoms with Gasteiger partial charge in [0.1, 0.15) is 22.7 Å². The van der Waals surface area contributed by atoms with Crippen LogP contribution in [0, 0.1) is 5.82 Å². The molecule has 0 atom stereocenters. The van der Waals surface area contributed by atoms with E-state index in [1.54, 1.807) is 6.26 Å². The van der Waals surface area contributed by atoms with E-state index in [0.717, 1.165) is 30.1 Å². The van der Waals surface area contributed by atoms with E-state index in [9.17, 15) is 30.8 Å². The SMILES string of the molecule is CNC(=O)c1c(-c2ccc(F)cc2)oc2c1cc(OS(=O)(=O)C(F)(F)F)c1c2ccn1SC. The summed E-state index contributed by atoms with van der Waals surface area (Å²) in [7, 11) is -4.66. The van der Waals surface area contributed by atoms with Crippen molar-refractivity contribution in [1.29, 1.82) is 0 Å². The van der Waals surface area contributed by atoms with Crippen molar-refractivity contribution in [3.63, 3.8) is 0 Å². The molecule has 2 heterocycles. The molecule has 0 spiro atoms. The van der Waals surface area contributed by atoms with Gasteiger partial charge >= 0.3 is 15.6 Å². The molecule has 0 saturated heterocycles. The number of hydrogen-bond acceptors (Lipinski definition) is 6. The van der Waals surface area contributed by atoms with Gasteiger partial charge in [0, 0.05) is 35.8 Å². The molecule has 0 aliphatic carbocycles. The third-order valence-electron chi connectivity index (χ3n) is 4.79. The maximum atomic E-state index is 13.4. The van der Waals surface area contributed by atoms with Crippen LogP contribution in [0.4, 0.5) is 17.6 Å². The molecule has 174 valence electrons. The van der Waals surface area contributed by atoms with Crippen LogP contribution < -0.4 is 9.50 Å². The van der Waals surface area contributed by atoms with E-state index in [0.29, 0.717) is 5.56 Å². The molecule has 4 rings (SSSR count). The number of benzene rings is 2. The largest absolute Gasteiger partial charge is 0.534 e. The molecule has 2 aromatic carbocycles. The molecule has 0 radical (unpaired) electrons. The molecule has 0 saturated carbocycles. The smallest absolute Gasteiger partial charge is 0.454 e. The number of furan rings is 1. The van der Waals surface area contributed by atoms with E-state index in [1.807, 2.05) is 0 Å². The monoisotopic (exact) mass is 502 g/mol. The highest BCUT2D eigenvalue weighted by atomic mass is 32.2. The molecule has 33 heavy (non-hydrogen) atoms. The van der Waals surface area contributed by atoms with Crippen LogP contribution in [0.3, 0.4) is 0 Å². The maximum Gasteiger partial charge on any atom is 0.534 e. The number of fused-ring (bicyclic) bond motifs is 3. The van der Waals surface area contributed by atoms with E-state index in [2.05, 4.69) is 9.50 Å². The molecule has 0 aliphatic rings. The van der Waals surface area contributed by atoms with Crippen LogP contribution in [0.15, 0.2) is 47.0 Å². The van der Waals surface area contributed by atoms with Gasteiger partial charge in [0.25, 0.3) is 5.91 Å². The third kappa shape index (κ3) is 3.80. The Kier molecular flexibility index (Phi) is 5.56. The standard InChI is InChI=1S/C20H14F4N2O5S2/c1-25-19(27)15-13-9-14(31-33(28,29)20(22,23)24)16-12(7-8-26(16)32-2)18(13)30-17(15)10-3-5-11(21)6-4-10/h3-9H,1-2H3,(H,25,27). The lowest BCUT2D eigenvalue weighted by molar-refractivity contribution is -0.0499. The minimum atomic E-state index is -6.00. The van der Waals surface area contributed by atoms with Gasteiger partial charge in [-0.25, -0.2) is 4.39 Å². The zero-order valence-corrected chi connectivity index (χ0v) is 18.5. The summed E-state index contributed by atoms with van der Waals surface area (Å²) in [4.78, 5) is 12.7. The number of nitrogens with zero attached hydrogens (tertiary/aromatic N) is 1. The summed E-state index contributed by atoms with van der Waals surface area (Å²) in [6.07, 6.45) is 3.11. The summed E-state index contributed by atoms with van der Waals surface area (Å²) < 4.78 is 87.8. The number of nitrogens with one attached hydrogen (secondary N) is 1. The Labute approximate surface area is 188 Å². The van der Waals surface area contributed by atoms with Crippen molar-refractivity contribution in [2.45, 2.75) is 5.51 Å². The van der Waals surface area contributed by atoms with Crippen molar-refractivity contribution in [1.82, 2.24) is 9.29 Å². The van der Waals surface area contributed by atoms with Gasteiger partial charge in [0.05, 0.1) is 5.56 Å². The first-order valence-corrected chi connectivity index (χ1v) is 11.7. The van der Waals surface area contributed by atoms with Crippen molar-refractivity contribution in [3.05, 3.63) is 54.0 Å². The fourth-order valence-electron chi connectivity index (χ4n) is 3.36. The van der Waals surface area contributed by atoms with Gasteiger partial charge in [-0.3, -0.25) is 8.77 Å². The summed E-state index contributed by atoms with van der Waals surface area (Å²) in [5.41, 5.74) is -5.29. The second kappa shape index (κ2) is 7.99. The average molecular weight is 502 g/mol. The number of rotatable bonds is 5. The predicted molar refractivity (Wildman–Crippen MR) is 115 cm³/mol. The molecule has 0 aliphatic heterocycles. The minimum absolute atomic E-state index is 0.00527. The molecular weight excluding hydrogens is 488 g/mol. The Balaban J connectivity index is 2.10. The van der Waals surface area contributed by atoms with Crippen molar-refractivity contribution in [2.24, 2.45) is 0 Å². The molecular formula is C20H14F4N2O5S2. The fraction of sp³-hybridized carbons (Fsp3) is 0.150. The van der Waals surface area contributed by atoms with E-state index in [4.69, 9.17) is 4.42 Å². The lowest BCUT2D eigenvalue weighted by atomic mass is 10.0. The fourth-order valence-corrected chi connectivity index (χ4v) is 4.37. The molecule has 7 nitrogen and oxygen atoms in total. The van der Waals surface area contributed by atoms with E-state index < -0.39 is 33.1 Å². The lowest BCUT2D eigenvalue weighted by Crippen LogP contribution is -2.28. The Hall–Kier alpha value is -3.19.